The van der Waals surface area contributed by atoms with E-state index < -0.39 is 5.97 Å². The molecule has 3 rings (SSSR count). The zero-order valence-corrected chi connectivity index (χ0v) is 12.8. The standard InChI is InChI=1S/C17H21N3O2/c1-2-14-17-13(10-16(21)22)4-3-5-15(17)20(19-14)11-12-6-8-18-9-7-12/h6-9,13H,2-5,10-11H2,1H3,(H,21,22). The summed E-state index contributed by atoms with van der Waals surface area (Å²) in [5, 5.41) is 13.9. The van der Waals surface area contributed by atoms with E-state index in [9.17, 15) is 4.79 Å². The SMILES string of the molecule is CCc1nn(Cc2ccncc2)c2c1C(CC(=O)O)CCC2. The highest BCUT2D eigenvalue weighted by Crippen LogP contribution is 2.36. The molecule has 0 aliphatic heterocycles. The molecule has 2 aromatic rings. The Balaban J connectivity index is 1.96. The summed E-state index contributed by atoms with van der Waals surface area (Å²) in [6.07, 6.45) is 7.62. The number of aliphatic carboxylic acids is 1. The largest absolute Gasteiger partial charge is 0.481 e. The number of nitrogens with zero attached hydrogens (tertiary/aromatic N) is 3. The molecular weight excluding hydrogens is 278 g/mol. The monoisotopic (exact) mass is 299 g/mol. The van der Waals surface area contributed by atoms with Crippen molar-refractivity contribution >= 4 is 5.97 Å². The lowest BCUT2D eigenvalue weighted by Crippen LogP contribution is -2.16. The molecule has 1 N–H and O–H groups in total. The number of pyridine rings is 1. The van der Waals surface area contributed by atoms with Gasteiger partial charge >= 0.3 is 5.97 Å². The van der Waals surface area contributed by atoms with Gasteiger partial charge in [0.2, 0.25) is 0 Å². The summed E-state index contributed by atoms with van der Waals surface area (Å²) < 4.78 is 2.07. The van der Waals surface area contributed by atoms with E-state index in [1.807, 2.05) is 12.1 Å². The van der Waals surface area contributed by atoms with Gasteiger partial charge in [-0.25, -0.2) is 0 Å². The van der Waals surface area contributed by atoms with Gasteiger partial charge in [-0.05, 0) is 49.3 Å². The molecule has 0 bridgehead atoms. The molecule has 2 aromatic heterocycles. The molecule has 5 nitrogen and oxygen atoms in total. The van der Waals surface area contributed by atoms with E-state index in [1.54, 1.807) is 12.4 Å². The summed E-state index contributed by atoms with van der Waals surface area (Å²) in [7, 11) is 0. The van der Waals surface area contributed by atoms with Crippen molar-refractivity contribution in [2.24, 2.45) is 0 Å². The van der Waals surface area contributed by atoms with Crippen LogP contribution in [0, 0.1) is 0 Å². The smallest absolute Gasteiger partial charge is 0.303 e. The number of aromatic nitrogens is 3. The third kappa shape index (κ3) is 2.89. The van der Waals surface area contributed by atoms with Crippen molar-refractivity contribution in [3.63, 3.8) is 0 Å². The minimum Gasteiger partial charge on any atom is -0.481 e. The predicted molar refractivity (Wildman–Crippen MR) is 82.9 cm³/mol. The Bertz CT molecular complexity index is 664. The minimum absolute atomic E-state index is 0.113. The average Bonchev–Trinajstić information content (AvgIpc) is 2.87. The highest BCUT2D eigenvalue weighted by Gasteiger charge is 2.29. The van der Waals surface area contributed by atoms with Crippen molar-refractivity contribution < 1.29 is 9.90 Å². The number of hydrogen-bond donors (Lipinski definition) is 1. The van der Waals surface area contributed by atoms with E-state index in [-0.39, 0.29) is 12.3 Å². The van der Waals surface area contributed by atoms with Gasteiger partial charge in [0.15, 0.2) is 0 Å². The summed E-state index contributed by atoms with van der Waals surface area (Å²) >= 11 is 0. The van der Waals surface area contributed by atoms with Crippen LogP contribution in [-0.2, 0) is 24.2 Å². The van der Waals surface area contributed by atoms with Gasteiger partial charge in [-0.3, -0.25) is 14.5 Å². The molecule has 0 aromatic carbocycles. The van der Waals surface area contributed by atoms with Crippen molar-refractivity contribution in [3.8, 4) is 0 Å². The van der Waals surface area contributed by atoms with Crippen LogP contribution in [0.15, 0.2) is 24.5 Å². The Labute approximate surface area is 130 Å². The predicted octanol–water partition coefficient (Wildman–Crippen LogP) is 2.78. The number of carbonyl (C=O) groups is 1. The number of aryl methyl sites for hydroxylation is 1. The molecule has 1 aliphatic carbocycles. The fraction of sp³-hybridized carbons (Fsp3) is 0.471. The number of rotatable bonds is 5. The summed E-state index contributed by atoms with van der Waals surface area (Å²) in [6.45, 7) is 2.82. The second kappa shape index (κ2) is 6.30. The number of fused-ring (bicyclic) bond motifs is 1. The fourth-order valence-electron chi connectivity index (χ4n) is 3.43. The second-order valence-electron chi connectivity index (χ2n) is 5.86. The molecular formula is C17H21N3O2. The van der Waals surface area contributed by atoms with Crippen LogP contribution in [0.3, 0.4) is 0 Å². The van der Waals surface area contributed by atoms with Gasteiger partial charge in [0.05, 0.1) is 18.7 Å². The van der Waals surface area contributed by atoms with Crippen LogP contribution >= 0.6 is 0 Å². The zero-order chi connectivity index (χ0) is 15.5. The third-order valence-corrected chi connectivity index (χ3v) is 4.39. The number of carboxylic acids is 1. The lowest BCUT2D eigenvalue weighted by molar-refractivity contribution is -0.137. The van der Waals surface area contributed by atoms with Gasteiger partial charge in [-0.15, -0.1) is 0 Å². The fourth-order valence-corrected chi connectivity index (χ4v) is 3.43. The lowest BCUT2D eigenvalue weighted by Gasteiger charge is -2.22. The van der Waals surface area contributed by atoms with Crippen LogP contribution in [-0.4, -0.2) is 25.8 Å². The van der Waals surface area contributed by atoms with Crippen molar-refractivity contribution in [1.29, 1.82) is 0 Å². The third-order valence-electron chi connectivity index (χ3n) is 4.39. The summed E-state index contributed by atoms with van der Waals surface area (Å²) in [5.41, 5.74) is 4.66. The van der Waals surface area contributed by atoms with Crippen LogP contribution in [0.4, 0.5) is 0 Å². The quantitative estimate of drug-likeness (QED) is 0.921. The molecule has 1 unspecified atom stereocenters. The van der Waals surface area contributed by atoms with Crippen molar-refractivity contribution in [2.75, 3.05) is 0 Å². The topological polar surface area (TPSA) is 68.0 Å². The van der Waals surface area contributed by atoms with Gasteiger partial charge in [-0.1, -0.05) is 6.92 Å². The van der Waals surface area contributed by atoms with Crippen LogP contribution in [0.25, 0.3) is 0 Å². The zero-order valence-electron chi connectivity index (χ0n) is 12.8. The molecule has 1 atom stereocenters. The highest BCUT2D eigenvalue weighted by atomic mass is 16.4. The first-order valence-corrected chi connectivity index (χ1v) is 7.88. The highest BCUT2D eigenvalue weighted by molar-refractivity contribution is 5.68. The van der Waals surface area contributed by atoms with Gasteiger partial charge in [0.25, 0.3) is 0 Å². The lowest BCUT2D eigenvalue weighted by atomic mass is 9.82. The van der Waals surface area contributed by atoms with Gasteiger partial charge in [0, 0.05) is 23.7 Å². The van der Waals surface area contributed by atoms with E-state index in [2.05, 4.69) is 16.6 Å². The number of carboxylic acid groups (broad SMARTS) is 1. The van der Waals surface area contributed by atoms with E-state index in [4.69, 9.17) is 10.2 Å². The maximum absolute atomic E-state index is 11.1. The summed E-state index contributed by atoms with van der Waals surface area (Å²) in [5.74, 6) is -0.607. The minimum atomic E-state index is -0.721. The molecule has 5 heteroatoms. The molecule has 0 fully saturated rings. The summed E-state index contributed by atoms with van der Waals surface area (Å²) in [6, 6.07) is 3.99. The van der Waals surface area contributed by atoms with Crippen LogP contribution in [0.2, 0.25) is 0 Å². The Morgan fingerprint density at radius 3 is 2.86 bits per heavy atom. The Morgan fingerprint density at radius 2 is 2.18 bits per heavy atom. The van der Waals surface area contributed by atoms with Crippen LogP contribution in [0.1, 0.15) is 54.6 Å². The molecule has 0 radical (unpaired) electrons. The van der Waals surface area contributed by atoms with E-state index >= 15 is 0 Å². The molecule has 0 saturated carbocycles. The first-order valence-electron chi connectivity index (χ1n) is 7.88. The van der Waals surface area contributed by atoms with Gasteiger partial charge in [-0.2, -0.15) is 5.10 Å². The molecule has 0 saturated heterocycles. The van der Waals surface area contributed by atoms with Gasteiger partial charge < -0.3 is 5.11 Å². The average molecular weight is 299 g/mol. The first kappa shape index (κ1) is 14.8. The maximum Gasteiger partial charge on any atom is 0.303 e. The molecule has 116 valence electrons. The maximum atomic E-state index is 11.1. The van der Waals surface area contributed by atoms with Crippen LogP contribution in [0.5, 0.6) is 0 Å². The van der Waals surface area contributed by atoms with Crippen LogP contribution < -0.4 is 0 Å². The Hall–Kier alpha value is -2.17. The second-order valence-corrected chi connectivity index (χ2v) is 5.86. The van der Waals surface area contributed by atoms with Crippen molar-refractivity contribution in [2.45, 2.75) is 51.5 Å². The normalized spacial score (nSPS) is 17.2. The summed E-state index contributed by atoms with van der Waals surface area (Å²) in [4.78, 5) is 15.2. The molecule has 0 amide bonds. The Morgan fingerprint density at radius 1 is 1.41 bits per heavy atom. The number of hydrogen-bond acceptors (Lipinski definition) is 3. The molecule has 1 aliphatic rings. The van der Waals surface area contributed by atoms with E-state index in [1.165, 1.54) is 16.8 Å². The molecule has 22 heavy (non-hydrogen) atoms. The first-order chi connectivity index (χ1) is 10.7. The molecule has 2 heterocycles. The molecule has 0 spiro atoms. The Kier molecular flexibility index (Phi) is 4.22. The van der Waals surface area contributed by atoms with E-state index in [0.29, 0.717) is 0 Å². The van der Waals surface area contributed by atoms with Crippen molar-refractivity contribution in [1.82, 2.24) is 14.8 Å². The van der Waals surface area contributed by atoms with Gasteiger partial charge in [0.1, 0.15) is 0 Å². The van der Waals surface area contributed by atoms with Crippen molar-refractivity contribution in [3.05, 3.63) is 47.0 Å². The van der Waals surface area contributed by atoms with E-state index in [0.717, 1.165) is 37.9 Å².